The van der Waals surface area contributed by atoms with E-state index in [9.17, 15) is 0 Å². The molecule has 0 spiro atoms. The highest BCUT2D eigenvalue weighted by Gasteiger charge is 2.23. The van der Waals surface area contributed by atoms with E-state index in [0.29, 0.717) is 5.92 Å². The van der Waals surface area contributed by atoms with E-state index >= 15 is 0 Å². The number of rotatable bonds is 2. The van der Waals surface area contributed by atoms with Crippen LogP contribution in [0.5, 0.6) is 0 Å². The second kappa shape index (κ2) is 5.15. The summed E-state index contributed by atoms with van der Waals surface area (Å²) >= 11 is 5.32. The van der Waals surface area contributed by atoms with Gasteiger partial charge in [-0.2, -0.15) is 5.10 Å². The van der Waals surface area contributed by atoms with Crippen molar-refractivity contribution in [2.24, 2.45) is 0 Å². The zero-order valence-corrected chi connectivity index (χ0v) is 12.7. The van der Waals surface area contributed by atoms with Crippen LogP contribution in [-0.4, -0.2) is 23.3 Å². The molecule has 3 rings (SSSR count). The van der Waals surface area contributed by atoms with Crippen LogP contribution < -0.4 is 5.32 Å². The smallest absolute Gasteiger partial charge is 0.0743 e. The number of nitrogens with zero attached hydrogens (tertiary/aromatic N) is 1. The van der Waals surface area contributed by atoms with Gasteiger partial charge in [-0.25, -0.2) is 0 Å². The van der Waals surface area contributed by atoms with Gasteiger partial charge in [-0.3, -0.25) is 5.10 Å². The van der Waals surface area contributed by atoms with Crippen LogP contribution in [0.2, 0.25) is 0 Å². The topological polar surface area (TPSA) is 40.7 Å². The second-order valence-electron chi connectivity index (χ2n) is 4.74. The Morgan fingerprint density at radius 1 is 1.33 bits per heavy atom. The number of aromatic amines is 1. The maximum atomic E-state index is 4.56. The van der Waals surface area contributed by atoms with E-state index in [1.54, 1.807) is 11.3 Å². The van der Waals surface area contributed by atoms with Crippen molar-refractivity contribution in [1.29, 1.82) is 0 Å². The van der Waals surface area contributed by atoms with Crippen molar-refractivity contribution in [3.05, 3.63) is 27.3 Å². The first-order valence-corrected chi connectivity index (χ1v) is 7.88. The molecule has 2 aromatic heterocycles. The molecule has 0 aliphatic carbocycles. The largest absolute Gasteiger partial charge is 0.317 e. The van der Waals surface area contributed by atoms with E-state index in [2.05, 4.69) is 50.5 Å². The highest BCUT2D eigenvalue weighted by atomic mass is 79.9. The first-order valence-electron chi connectivity index (χ1n) is 6.27. The molecule has 18 heavy (non-hydrogen) atoms. The molecule has 5 heteroatoms. The van der Waals surface area contributed by atoms with Gasteiger partial charge in [0.25, 0.3) is 0 Å². The van der Waals surface area contributed by atoms with Crippen molar-refractivity contribution < 1.29 is 0 Å². The maximum absolute atomic E-state index is 4.56. The average molecular weight is 326 g/mol. The van der Waals surface area contributed by atoms with Crippen molar-refractivity contribution >= 4 is 27.3 Å². The number of aromatic nitrogens is 2. The van der Waals surface area contributed by atoms with Gasteiger partial charge in [0.1, 0.15) is 0 Å². The Bertz CT molecular complexity index is 540. The Hall–Kier alpha value is -0.650. The number of hydrogen-bond acceptors (Lipinski definition) is 3. The third-order valence-electron chi connectivity index (χ3n) is 3.52. The quantitative estimate of drug-likeness (QED) is 0.884. The van der Waals surface area contributed by atoms with Gasteiger partial charge in [-0.15, -0.1) is 11.3 Å². The standard InChI is InChI=1S/C13H16BrN3S/c1-8-12(10-2-3-11(14)18-10)13(17-16-8)9-4-6-15-7-5-9/h2-3,9,15H,4-7H2,1H3,(H,16,17). The normalized spacial score (nSPS) is 17.2. The van der Waals surface area contributed by atoms with Gasteiger partial charge in [0.2, 0.25) is 0 Å². The van der Waals surface area contributed by atoms with Crippen molar-refractivity contribution in [1.82, 2.24) is 15.5 Å². The third kappa shape index (κ3) is 2.27. The van der Waals surface area contributed by atoms with E-state index in [0.717, 1.165) is 13.1 Å². The summed E-state index contributed by atoms with van der Waals surface area (Å²) < 4.78 is 1.18. The summed E-state index contributed by atoms with van der Waals surface area (Å²) in [5.41, 5.74) is 3.75. The number of thiophene rings is 1. The molecule has 0 unspecified atom stereocenters. The summed E-state index contributed by atoms with van der Waals surface area (Å²) in [6.45, 7) is 4.31. The molecule has 0 aromatic carbocycles. The Balaban J connectivity index is 2.00. The summed E-state index contributed by atoms with van der Waals surface area (Å²) in [7, 11) is 0. The zero-order chi connectivity index (χ0) is 12.5. The van der Waals surface area contributed by atoms with E-state index in [1.165, 1.54) is 38.5 Å². The molecular formula is C13H16BrN3S. The van der Waals surface area contributed by atoms with Gasteiger partial charge in [0.05, 0.1) is 9.48 Å². The van der Waals surface area contributed by atoms with Crippen LogP contribution >= 0.6 is 27.3 Å². The van der Waals surface area contributed by atoms with Crippen LogP contribution in [0.3, 0.4) is 0 Å². The van der Waals surface area contributed by atoms with Crippen LogP contribution in [0, 0.1) is 6.92 Å². The first-order chi connectivity index (χ1) is 8.75. The van der Waals surface area contributed by atoms with E-state index in [-0.39, 0.29) is 0 Å². The van der Waals surface area contributed by atoms with Gasteiger partial charge < -0.3 is 5.32 Å². The van der Waals surface area contributed by atoms with Gasteiger partial charge in [0, 0.05) is 22.1 Å². The molecule has 96 valence electrons. The molecule has 0 radical (unpaired) electrons. The summed E-state index contributed by atoms with van der Waals surface area (Å²) in [5.74, 6) is 0.590. The first kappa shape index (κ1) is 12.4. The number of H-pyrrole nitrogens is 1. The Labute approximate surface area is 119 Å². The van der Waals surface area contributed by atoms with E-state index in [1.807, 2.05) is 0 Å². The number of hydrogen-bond donors (Lipinski definition) is 2. The number of nitrogens with one attached hydrogen (secondary N) is 2. The maximum Gasteiger partial charge on any atom is 0.0743 e. The number of piperidine rings is 1. The molecule has 2 N–H and O–H groups in total. The molecule has 3 nitrogen and oxygen atoms in total. The van der Waals surface area contributed by atoms with Gasteiger partial charge >= 0.3 is 0 Å². The molecular weight excluding hydrogens is 310 g/mol. The fourth-order valence-electron chi connectivity index (χ4n) is 2.60. The lowest BCUT2D eigenvalue weighted by Gasteiger charge is -2.21. The molecule has 1 saturated heterocycles. The predicted molar refractivity (Wildman–Crippen MR) is 79.2 cm³/mol. The summed E-state index contributed by atoms with van der Waals surface area (Å²) in [6.07, 6.45) is 2.37. The molecule has 0 amide bonds. The highest BCUT2D eigenvalue weighted by Crippen LogP contribution is 2.39. The fraction of sp³-hybridized carbons (Fsp3) is 0.462. The average Bonchev–Trinajstić information content (AvgIpc) is 2.96. The second-order valence-corrected chi connectivity index (χ2v) is 7.20. The molecule has 1 fully saturated rings. The van der Waals surface area contributed by atoms with Crippen molar-refractivity contribution in [2.45, 2.75) is 25.7 Å². The molecule has 0 bridgehead atoms. The van der Waals surface area contributed by atoms with Crippen molar-refractivity contribution in [3.8, 4) is 10.4 Å². The van der Waals surface area contributed by atoms with E-state index in [4.69, 9.17) is 0 Å². The lowest BCUT2D eigenvalue weighted by molar-refractivity contribution is 0.453. The molecule has 0 saturated carbocycles. The summed E-state index contributed by atoms with van der Waals surface area (Å²) in [4.78, 5) is 1.31. The Morgan fingerprint density at radius 2 is 2.11 bits per heavy atom. The minimum Gasteiger partial charge on any atom is -0.317 e. The zero-order valence-electron chi connectivity index (χ0n) is 10.3. The van der Waals surface area contributed by atoms with Crippen LogP contribution in [0.25, 0.3) is 10.4 Å². The Morgan fingerprint density at radius 3 is 2.78 bits per heavy atom. The lowest BCUT2D eigenvalue weighted by Crippen LogP contribution is -2.27. The highest BCUT2D eigenvalue weighted by molar-refractivity contribution is 9.11. The lowest BCUT2D eigenvalue weighted by atomic mass is 9.91. The predicted octanol–water partition coefficient (Wildman–Crippen LogP) is 3.68. The van der Waals surface area contributed by atoms with Crippen LogP contribution in [0.4, 0.5) is 0 Å². The fourth-order valence-corrected chi connectivity index (χ4v) is 4.10. The monoisotopic (exact) mass is 325 g/mol. The summed E-state index contributed by atoms with van der Waals surface area (Å²) in [5, 5.41) is 11.1. The van der Waals surface area contributed by atoms with Crippen LogP contribution in [0.15, 0.2) is 15.9 Å². The summed E-state index contributed by atoms with van der Waals surface area (Å²) in [6, 6.07) is 4.29. The number of halogens is 1. The molecule has 0 atom stereocenters. The molecule has 1 aliphatic heterocycles. The van der Waals surface area contributed by atoms with Gasteiger partial charge in [0.15, 0.2) is 0 Å². The van der Waals surface area contributed by atoms with Gasteiger partial charge in [-0.1, -0.05) is 0 Å². The van der Waals surface area contributed by atoms with Crippen LogP contribution in [-0.2, 0) is 0 Å². The third-order valence-corrected chi connectivity index (χ3v) is 5.16. The van der Waals surface area contributed by atoms with Crippen LogP contribution in [0.1, 0.15) is 30.1 Å². The van der Waals surface area contributed by atoms with Crippen molar-refractivity contribution in [3.63, 3.8) is 0 Å². The molecule has 2 aromatic rings. The minimum atomic E-state index is 0.590. The van der Waals surface area contributed by atoms with E-state index < -0.39 is 0 Å². The van der Waals surface area contributed by atoms with Gasteiger partial charge in [-0.05, 0) is 60.9 Å². The SMILES string of the molecule is Cc1[nH]nc(C2CCNCC2)c1-c1ccc(Br)s1. The Kier molecular flexibility index (Phi) is 3.54. The number of aryl methyl sites for hydroxylation is 1. The van der Waals surface area contributed by atoms with Crippen molar-refractivity contribution in [2.75, 3.05) is 13.1 Å². The molecule has 1 aliphatic rings. The molecule has 3 heterocycles. The minimum absolute atomic E-state index is 0.590.